The van der Waals surface area contributed by atoms with Gasteiger partial charge in [-0.15, -0.1) is 0 Å². The molecule has 1 aliphatic carbocycles. The number of carbonyl (C=O) groups excluding carboxylic acids is 2. The maximum Gasteiger partial charge on any atom is 0.261 e. The van der Waals surface area contributed by atoms with Crippen LogP contribution in [0.2, 0.25) is 5.02 Å². The fourth-order valence-electron chi connectivity index (χ4n) is 5.01. The van der Waals surface area contributed by atoms with Crippen LogP contribution < -0.4 is 10.1 Å². The average molecular weight is 626 g/mol. The standard InChI is InChI=1S/C33H38BrClN2O3/c1-33(2,3)25-15-18-30(28(34)20-25)40-22-31(38)37(21-24-13-16-26(35)17-14-24)29(19-23-9-5-4-6-10-23)32(39)36-27-11-7-8-12-27/h4-6,9-10,13-18,20,27,29H,7-8,11-12,19,21-22H2,1-3H3,(H,36,39). The number of nitrogens with zero attached hydrogens (tertiary/aromatic N) is 1. The van der Waals surface area contributed by atoms with Crippen LogP contribution in [0.1, 0.15) is 63.1 Å². The van der Waals surface area contributed by atoms with Crippen LogP contribution in [0.25, 0.3) is 0 Å². The van der Waals surface area contributed by atoms with E-state index in [-0.39, 0.29) is 36.4 Å². The Morgan fingerprint density at radius 2 is 1.68 bits per heavy atom. The molecule has 0 aliphatic heterocycles. The first-order chi connectivity index (χ1) is 19.1. The van der Waals surface area contributed by atoms with Crippen molar-refractivity contribution >= 4 is 39.3 Å². The number of hydrogen-bond donors (Lipinski definition) is 1. The number of halogens is 2. The highest BCUT2D eigenvalue weighted by atomic mass is 79.9. The number of rotatable bonds is 10. The summed E-state index contributed by atoms with van der Waals surface area (Å²) in [4.78, 5) is 29.3. The lowest BCUT2D eigenvalue weighted by atomic mass is 9.87. The number of ether oxygens (including phenoxy) is 1. The Labute approximate surface area is 251 Å². The molecule has 4 rings (SSSR count). The third-order valence-corrected chi connectivity index (χ3v) is 8.26. The summed E-state index contributed by atoms with van der Waals surface area (Å²) < 4.78 is 6.82. The Balaban J connectivity index is 1.60. The second-order valence-electron chi connectivity index (χ2n) is 11.5. The minimum Gasteiger partial charge on any atom is -0.483 e. The number of amides is 2. The first kappa shape index (κ1) is 30.1. The minimum atomic E-state index is -0.693. The predicted octanol–water partition coefficient (Wildman–Crippen LogP) is 7.48. The quantitative estimate of drug-likeness (QED) is 0.254. The molecule has 0 radical (unpaired) electrons. The highest BCUT2D eigenvalue weighted by Gasteiger charge is 2.32. The van der Waals surface area contributed by atoms with Crippen molar-refractivity contribution < 1.29 is 14.3 Å². The van der Waals surface area contributed by atoms with Gasteiger partial charge >= 0.3 is 0 Å². The third kappa shape index (κ3) is 8.34. The van der Waals surface area contributed by atoms with Gasteiger partial charge in [0.05, 0.1) is 4.47 Å². The average Bonchev–Trinajstić information content (AvgIpc) is 3.44. The van der Waals surface area contributed by atoms with Crippen LogP contribution >= 0.6 is 27.5 Å². The van der Waals surface area contributed by atoms with E-state index in [1.807, 2.05) is 60.7 Å². The zero-order valence-corrected chi connectivity index (χ0v) is 25.8. The lowest BCUT2D eigenvalue weighted by Crippen LogP contribution is -2.53. The molecule has 0 aromatic heterocycles. The lowest BCUT2D eigenvalue weighted by Gasteiger charge is -2.32. The van der Waals surface area contributed by atoms with Crippen molar-refractivity contribution in [2.45, 2.75) is 76.9 Å². The van der Waals surface area contributed by atoms with Crippen LogP contribution in [0.3, 0.4) is 0 Å². The summed E-state index contributed by atoms with van der Waals surface area (Å²) in [5, 5.41) is 3.85. The molecular formula is C33H38BrClN2O3. The van der Waals surface area contributed by atoms with Crippen molar-refractivity contribution in [3.63, 3.8) is 0 Å². The molecule has 0 bridgehead atoms. The molecule has 1 unspecified atom stereocenters. The van der Waals surface area contributed by atoms with Gasteiger partial charge in [-0.1, -0.05) is 93.7 Å². The number of benzene rings is 3. The summed E-state index contributed by atoms with van der Waals surface area (Å²) in [5.41, 5.74) is 3.03. The first-order valence-electron chi connectivity index (χ1n) is 13.9. The van der Waals surface area contributed by atoms with Gasteiger partial charge in [-0.05, 0) is 75.1 Å². The maximum atomic E-state index is 13.9. The van der Waals surface area contributed by atoms with Gasteiger partial charge in [-0.3, -0.25) is 9.59 Å². The maximum absolute atomic E-state index is 13.9. The second kappa shape index (κ2) is 13.7. The molecular weight excluding hydrogens is 588 g/mol. The summed E-state index contributed by atoms with van der Waals surface area (Å²) in [6.07, 6.45) is 4.56. The van der Waals surface area contributed by atoms with Gasteiger partial charge in [0, 0.05) is 24.0 Å². The molecule has 0 heterocycles. The topological polar surface area (TPSA) is 58.6 Å². The van der Waals surface area contributed by atoms with Crippen LogP contribution in [0.4, 0.5) is 0 Å². The van der Waals surface area contributed by atoms with E-state index in [0.29, 0.717) is 17.2 Å². The van der Waals surface area contributed by atoms with Crippen molar-refractivity contribution in [3.05, 3.63) is 99.0 Å². The highest BCUT2D eigenvalue weighted by molar-refractivity contribution is 9.10. The Bertz CT molecular complexity index is 1290. The molecule has 0 saturated heterocycles. The van der Waals surface area contributed by atoms with Gasteiger partial charge in [-0.2, -0.15) is 0 Å². The lowest BCUT2D eigenvalue weighted by molar-refractivity contribution is -0.143. The zero-order valence-electron chi connectivity index (χ0n) is 23.5. The SMILES string of the molecule is CC(C)(C)c1ccc(OCC(=O)N(Cc2ccc(Cl)cc2)C(Cc2ccccc2)C(=O)NC2CCCC2)c(Br)c1. The minimum absolute atomic E-state index is 0.0103. The summed E-state index contributed by atoms with van der Waals surface area (Å²) in [7, 11) is 0. The molecule has 2 amide bonds. The summed E-state index contributed by atoms with van der Waals surface area (Å²) in [6.45, 7) is 6.52. The Morgan fingerprint density at radius 3 is 2.30 bits per heavy atom. The van der Waals surface area contributed by atoms with Crippen LogP contribution in [0, 0.1) is 0 Å². The van der Waals surface area contributed by atoms with Crippen LogP contribution in [0.15, 0.2) is 77.3 Å². The summed E-state index contributed by atoms with van der Waals surface area (Å²) in [6, 6.07) is 22.6. The Morgan fingerprint density at radius 1 is 1.00 bits per heavy atom. The normalized spacial score (nSPS) is 14.5. The molecule has 3 aromatic carbocycles. The molecule has 1 fully saturated rings. The molecule has 212 valence electrons. The smallest absolute Gasteiger partial charge is 0.261 e. The Kier molecular flexibility index (Phi) is 10.3. The second-order valence-corrected chi connectivity index (χ2v) is 12.8. The molecule has 40 heavy (non-hydrogen) atoms. The number of hydrogen-bond acceptors (Lipinski definition) is 3. The molecule has 1 atom stereocenters. The monoisotopic (exact) mass is 624 g/mol. The molecule has 3 aromatic rings. The first-order valence-corrected chi connectivity index (χ1v) is 15.1. The number of nitrogens with one attached hydrogen (secondary N) is 1. The van der Waals surface area contributed by atoms with E-state index in [1.165, 1.54) is 0 Å². The van der Waals surface area contributed by atoms with Gasteiger partial charge in [0.2, 0.25) is 5.91 Å². The van der Waals surface area contributed by atoms with Gasteiger partial charge < -0.3 is 15.0 Å². The van der Waals surface area contributed by atoms with E-state index in [2.05, 4.69) is 42.0 Å². The third-order valence-electron chi connectivity index (χ3n) is 7.39. The largest absolute Gasteiger partial charge is 0.483 e. The van der Waals surface area contributed by atoms with Crippen LogP contribution in [0.5, 0.6) is 5.75 Å². The van der Waals surface area contributed by atoms with Gasteiger partial charge in [-0.25, -0.2) is 0 Å². The Hall–Kier alpha value is -2.83. The van der Waals surface area contributed by atoms with Crippen molar-refractivity contribution in [1.82, 2.24) is 10.2 Å². The zero-order chi connectivity index (χ0) is 28.7. The fourth-order valence-corrected chi connectivity index (χ4v) is 5.63. The molecule has 1 saturated carbocycles. The van der Waals surface area contributed by atoms with E-state index < -0.39 is 6.04 Å². The van der Waals surface area contributed by atoms with Crippen molar-refractivity contribution in [3.8, 4) is 5.75 Å². The van der Waals surface area contributed by atoms with E-state index in [1.54, 1.807) is 17.0 Å². The van der Waals surface area contributed by atoms with E-state index in [0.717, 1.165) is 46.8 Å². The highest BCUT2D eigenvalue weighted by Crippen LogP contribution is 2.31. The summed E-state index contributed by atoms with van der Waals surface area (Å²) >= 11 is 9.73. The van der Waals surface area contributed by atoms with Crippen LogP contribution in [-0.4, -0.2) is 35.4 Å². The number of carbonyl (C=O) groups is 2. The van der Waals surface area contributed by atoms with E-state index >= 15 is 0 Å². The van der Waals surface area contributed by atoms with Gasteiger partial charge in [0.15, 0.2) is 6.61 Å². The summed E-state index contributed by atoms with van der Waals surface area (Å²) in [5.74, 6) is 0.195. The predicted molar refractivity (Wildman–Crippen MR) is 165 cm³/mol. The molecule has 0 spiro atoms. The van der Waals surface area contributed by atoms with Gasteiger partial charge in [0.1, 0.15) is 11.8 Å². The van der Waals surface area contributed by atoms with Crippen molar-refractivity contribution in [2.24, 2.45) is 0 Å². The fraction of sp³-hybridized carbons (Fsp3) is 0.394. The van der Waals surface area contributed by atoms with Crippen molar-refractivity contribution in [2.75, 3.05) is 6.61 Å². The molecule has 7 heteroatoms. The van der Waals surface area contributed by atoms with E-state index in [4.69, 9.17) is 16.3 Å². The molecule has 1 aliphatic rings. The molecule has 5 nitrogen and oxygen atoms in total. The molecule has 1 N–H and O–H groups in total. The van der Waals surface area contributed by atoms with Crippen molar-refractivity contribution in [1.29, 1.82) is 0 Å². The van der Waals surface area contributed by atoms with Gasteiger partial charge in [0.25, 0.3) is 5.91 Å². The van der Waals surface area contributed by atoms with E-state index in [9.17, 15) is 9.59 Å². The van der Waals surface area contributed by atoms with Crippen LogP contribution in [-0.2, 0) is 28.0 Å².